The molecule has 1 nitrogen and oxygen atoms in total. The molecule has 0 saturated carbocycles. The molecule has 0 fully saturated rings. The summed E-state index contributed by atoms with van der Waals surface area (Å²) in [5.74, 6) is 2.14. The molecule has 1 heterocycles. The van der Waals surface area contributed by atoms with E-state index < -0.39 is 0 Å². The highest BCUT2D eigenvalue weighted by molar-refractivity contribution is 7.99. The van der Waals surface area contributed by atoms with E-state index in [0.717, 1.165) is 11.3 Å². The van der Waals surface area contributed by atoms with Gasteiger partial charge in [0.25, 0.3) is 0 Å². The van der Waals surface area contributed by atoms with Crippen LogP contribution >= 0.6 is 11.8 Å². The molecule has 0 spiro atoms. The van der Waals surface area contributed by atoms with Crippen LogP contribution in [0, 0.1) is 0 Å². The Morgan fingerprint density at radius 3 is 2.56 bits per heavy atom. The van der Waals surface area contributed by atoms with Crippen molar-refractivity contribution >= 4 is 11.8 Å². The molecule has 0 bridgehead atoms. The van der Waals surface area contributed by atoms with Crippen molar-refractivity contribution in [1.29, 1.82) is 0 Å². The Kier molecular flexibility index (Phi) is 4.11. The highest BCUT2D eigenvalue weighted by Crippen LogP contribution is 2.24. The summed E-state index contributed by atoms with van der Waals surface area (Å²) in [6, 6.07) is 12.5. The topological polar surface area (TPSA) is 13.1 Å². The van der Waals surface area contributed by atoms with Gasteiger partial charge in [-0.2, -0.15) is 0 Å². The van der Waals surface area contributed by atoms with Crippen molar-refractivity contribution in [3.05, 3.63) is 42.7 Å². The Morgan fingerprint density at radius 2 is 1.94 bits per heavy atom. The van der Waals surface area contributed by atoms with Gasteiger partial charge in [0.05, 0.1) is 6.26 Å². The number of hydrogen-bond donors (Lipinski definition) is 0. The molecule has 1 aromatic heterocycles. The summed E-state index contributed by atoms with van der Waals surface area (Å²) < 4.78 is 5.35. The molecular formula is C14H16OS. The van der Waals surface area contributed by atoms with Crippen molar-refractivity contribution in [2.75, 3.05) is 5.75 Å². The van der Waals surface area contributed by atoms with Gasteiger partial charge < -0.3 is 4.42 Å². The van der Waals surface area contributed by atoms with Crippen LogP contribution in [0.3, 0.4) is 0 Å². The molecule has 0 saturated heterocycles. The summed E-state index contributed by atoms with van der Waals surface area (Å²) in [6.45, 7) is 2.22. The number of thioether (sulfide) groups is 1. The third-order valence-corrected chi connectivity index (χ3v) is 3.52. The molecule has 0 amide bonds. The van der Waals surface area contributed by atoms with Gasteiger partial charge in [-0.3, -0.25) is 0 Å². The highest BCUT2D eigenvalue weighted by atomic mass is 32.2. The van der Waals surface area contributed by atoms with E-state index in [0.29, 0.717) is 0 Å². The van der Waals surface area contributed by atoms with Crippen LogP contribution in [-0.4, -0.2) is 5.75 Å². The van der Waals surface area contributed by atoms with Crippen molar-refractivity contribution in [2.45, 2.75) is 24.7 Å². The van der Waals surface area contributed by atoms with Gasteiger partial charge in [-0.1, -0.05) is 25.5 Å². The third-order valence-electron chi connectivity index (χ3n) is 2.43. The van der Waals surface area contributed by atoms with Gasteiger partial charge in [-0.05, 0) is 36.4 Å². The van der Waals surface area contributed by atoms with Crippen LogP contribution in [0.5, 0.6) is 0 Å². The lowest BCUT2D eigenvalue weighted by Gasteiger charge is -2.01. The van der Waals surface area contributed by atoms with Crippen LogP contribution < -0.4 is 0 Å². The van der Waals surface area contributed by atoms with Gasteiger partial charge in [0.1, 0.15) is 5.76 Å². The van der Waals surface area contributed by atoms with Crippen molar-refractivity contribution in [1.82, 2.24) is 0 Å². The molecule has 0 aliphatic heterocycles. The second kappa shape index (κ2) is 5.80. The first-order valence-electron chi connectivity index (χ1n) is 5.67. The molecule has 0 atom stereocenters. The van der Waals surface area contributed by atoms with Crippen LogP contribution in [-0.2, 0) is 0 Å². The van der Waals surface area contributed by atoms with Crippen molar-refractivity contribution in [3.8, 4) is 11.3 Å². The van der Waals surface area contributed by atoms with E-state index in [-0.39, 0.29) is 0 Å². The van der Waals surface area contributed by atoms with Crippen LogP contribution in [0.15, 0.2) is 52.0 Å². The van der Waals surface area contributed by atoms with Gasteiger partial charge >= 0.3 is 0 Å². The number of furan rings is 1. The minimum atomic E-state index is 0.935. The van der Waals surface area contributed by atoms with Crippen LogP contribution in [0.4, 0.5) is 0 Å². The monoisotopic (exact) mass is 232 g/mol. The Hall–Kier alpha value is -1.15. The molecule has 0 N–H and O–H groups in total. The molecule has 84 valence electrons. The predicted molar refractivity (Wildman–Crippen MR) is 69.8 cm³/mol. The van der Waals surface area contributed by atoms with Crippen molar-refractivity contribution in [2.24, 2.45) is 0 Å². The molecule has 2 aromatic rings. The maximum atomic E-state index is 5.35. The molecule has 1 aromatic carbocycles. The minimum absolute atomic E-state index is 0.935. The maximum Gasteiger partial charge on any atom is 0.133 e. The normalized spacial score (nSPS) is 10.6. The zero-order valence-corrected chi connectivity index (χ0v) is 10.3. The van der Waals surface area contributed by atoms with E-state index in [2.05, 4.69) is 31.2 Å². The summed E-state index contributed by atoms with van der Waals surface area (Å²) in [4.78, 5) is 1.34. The summed E-state index contributed by atoms with van der Waals surface area (Å²) in [5, 5.41) is 0. The summed E-state index contributed by atoms with van der Waals surface area (Å²) in [6.07, 6.45) is 4.25. The Bertz CT molecular complexity index is 403. The number of benzene rings is 1. The molecule has 0 aliphatic rings. The first kappa shape index (κ1) is 11.3. The highest BCUT2D eigenvalue weighted by Gasteiger charge is 2.00. The lowest BCUT2D eigenvalue weighted by atomic mass is 10.2. The zero-order valence-electron chi connectivity index (χ0n) is 9.48. The van der Waals surface area contributed by atoms with Crippen molar-refractivity contribution in [3.63, 3.8) is 0 Å². The van der Waals surface area contributed by atoms with Gasteiger partial charge in [0.2, 0.25) is 0 Å². The molecule has 0 unspecified atom stereocenters. The molecule has 2 heteroatoms. The van der Waals surface area contributed by atoms with Gasteiger partial charge in [-0.25, -0.2) is 0 Å². The molecule has 0 radical (unpaired) electrons. The van der Waals surface area contributed by atoms with E-state index >= 15 is 0 Å². The second-order valence-corrected chi connectivity index (χ2v) is 4.87. The van der Waals surface area contributed by atoms with Gasteiger partial charge in [0, 0.05) is 10.5 Å². The second-order valence-electron chi connectivity index (χ2n) is 3.70. The Labute approximate surface area is 101 Å². The number of hydrogen-bond acceptors (Lipinski definition) is 2. The van der Waals surface area contributed by atoms with E-state index in [1.807, 2.05) is 23.9 Å². The smallest absolute Gasteiger partial charge is 0.133 e. The Morgan fingerprint density at radius 1 is 1.12 bits per heavy atom. The first-order valence-corrected chi connectivity index (χ1v) is 6.65. The average Bonchev–Trinajstić information content (AvgIpc) is 2.84. The van der Waals surface area contributed by atoms with Crippen LogP contribution in [0.25, 0.3) is 11.3 Å². The zero-order chi connectivity index (χ0) is 11.2. The summed E-state index contributed by atoms with van der Waals surface area (Å²) >= 11 is 1.92. The van der Waals surface area contributed by atoms with Gasteiger partial charge in [0.15, 0.2) is 0 Å². The molecule has 16 heavy (non-hydrogen) atoms. The van der Waals surface area contributed by atoms with E-state index in [1.165, 1.54) is 23.5 Å². The lowest BCUT2D eigenvalue weighted by Crippen LogP contribution is -1.79. The first-order chi connectivity index (χ1) is 7.90. The fourth-order valence-electron chi connectivity index (χ4n) is 1.49. The van der Waals surface area contributed by atoms with Gasteiger partial charge in [-0.15, -0.1) is 11.8 Å². The fourth-order valence-corrected chi connectivity index (χ4v) is 2.49. The Balaban J connectivity index is 2.00. The quantitative estimate of drug-likeness (QED) is 0.540. The average molecular weight is 232 g/mol. The lowest BCUT2D eigenvalue weighted by molar-refractivity contribution is 0.582. The largest absolute Gasteiger partial charge is 0.464 e. The summed E-state index contributed by atoms with van der Waals surface area (Å²) in [5.41, 5.74) is 1.14. The third kappa shape index (κ3) is 2.92. The fraction of sp³-hybridized carbons (Fsp3) is 0.286. The summed E-state index contributed by atoms with van der Waals surface area (Å²) in [7, 11) is 0. The van der Waals surface area contributed by atoms with E-state index in [1.54, 1.807) is 6.26 Å². The molecule has 2 rings (SSSR count). The standard InChI is InChI=1S/C14H16OS/c1-2-3-11-16-13-8-6-12(7-9-13)14-5-4-10-15-14/h4-10H,2-3,11H2,1H3. The number of unbranched alkanes of at least 4 members (excludes halogenated alkanes) is 1. The minimum Gasteiger partial charge on any atom is -0.464 e. The SMILES string of the molecule is CCCCSc1ccc(-c2ccco2)cc1. The van der Waals surface area contributed by atoms with Crippen LogP contribution in [0.1, 0.15) is 19.8 Å². The molecule has 0 aliphatic carbocycles. The maximum absolute atomic E-state index is 5.35. The molecular weight excluding hydrogens is 216 g/mol. The van der Waals surface area contributed by atoms with E-state index in [4.69, 9.17) is 4.42 Å². The number of rotatable bonds is 5. The van der Waals surface area contributed by atoms with Crippen LogP contribution in [0.2, 0.25) is 0 Å². The van der Waals surface area contributed by atoms with E-state index in [9.17, 15) is 0 Å². The van der Waals surface area contributed by atoms with Crippen molar-refractivity contribution < 1.29 is 4.42 Å². The predicted octanol–water partition coefficient (Wildman–Crippen LogP) is 4.84.